The Kier molecular flexibility index (Phi) is 5.97. The van der Waals surface area contributed by atoms with Crippen LogP contribution in [0.1, 0.15) is 22.3 Å². The second-order valence-corrected chi connectivity index (χ2v) is 8.60. The quantitative estimate of drug-likeness (QED) is 0.188. The van der Waals surface area contributed by atoms with Crippen LogP contribution < -0.4 is 0 Å². The lowest BCUT2D eigenvalue weighted by Gasteiger charge is -2.12. The highest BCUT2D eigenvalue weighted by Crippen LogP contribution is 2.24. The van der Waals surface area contributed by atoms with E-state index in [2.05, 4.69) is 15.1 Å². The molecule has 0 atom stereocenters. The Bertz CT molecular complexity index is 1490. The van der Waals surface area contributed by atoms with Gasteiger partial charge in [-0.3, -0.25) is 4.79 Å². The van der Waals surface area contributed by atoms with E-state index in [1.54, 1.807) is 24.4 Å². The minimum atomic E-state index is -0.342. The zero-order chi connectivity index (χ0) is 23.7. The Morgan fingerprint density at radius 3 is 2.47 bits per heavy atom. The number of pyridine rings is 1. The number of halogens is 2. The van der Waals surface area contributed by atoms with E-state index >= 15 is 0 Å². The molecule has 0 unspecified atom stereocenters. The average molecular weight is 485 g/mol. The molecule has 7 heteroatoms. The van der Waals surface area contributed by atoms with Crippen LogP contribution >= 0.6 is 23.2 Å². The molecular weight excluding hydrogens is 467 g/mol. The van der Waals surface area contributed by atoms with Crippen molar-refractivity contribution in [2.24, 2.45) is 10.1 Å². The average Bonchev–Trinajstić information content (AvgIpc) is 3.15. The predicted octanol–water partition coefficient (Wildman–Crippen LogP) is 6.51. The first-order valence-electron chi connectivity index (χ1n) is 10.5. The van der Waals surface area contributed by atoms with Gasteiger partial charge < -0.3 is 0 Å². The molecule has 0 radical (unpaired) electrons. The number of amidine groups is 1. The molecule has 1 aliphatic heterocycles. The molecule has 1 aromatic heterocycles. The highest BCUT2D eigenvalue weighted by Gasteiger charge is 2.31. The number of hydrogen-bond donors (Lipinski definition) is 0. The second kappa shape index (κ2) is 9.21. The molecule has 0 bridgehead atoms. The van der Waals surface area contributed by atoms with Crippen LogP contribution in [-0.4, -0.2) is 28.0 Å². The molecule has 2 heterocycles. The first kappa shape index (κ1) is 22.0. The van der Waals surface area contributed by atoms with Gasteiger partial charge in [-0.25, -0.2) is 9.98 Å². The second-order valence-electron chi connectivity index (χ2n) is 7.81. The monoisotopic (exact) mass is 484 g/mol. The van der Waals surface area contributed by atoms with E-state index < -0.39 is 0 Å². The topological polar surface area (TPSA) is 57.9 Å². The summed E-state index contributed by atoms with van der Waals surface area (Å²) in [5, 5.41) is 7.63. The molecule has 0 spiro atoms. The maximum atomic E-state index is 13.3. The number of amides is 1. The number of carbonyl (C=O) groups excluding carboxylic acids is 1. The van der Waals surface area contributed by atoms with E-state index in [-0.39, 0.29) is 11.6 Å². The Morgan fingerprint density at radius 2 is 1.71 bits per heavy atom. The largest absolute Gasteiger partial charge is 0.298 e. The van der Waals surface area contributed by atoms with Gasteiger partial charge in [-0.15, -0.1) is 0 Å². The molecule has 3 aromatic carbocycles. The van der Waals surface area contributed by atoms with Crippen molar-refractivity contribution in [2.75, 3.05) is 0 Å². The van der Waals surface area contributed by atoms with Crippen LogP contribution in [0.2, 0.25) is 10.2 Å². The van der Waals surface area contributed by atoms with E-state index in [1.165, 1.54) is 5.01 Å². The molecule has 0 saturated carbocycles. The van der Waals surface area contributed by atoms with Gasteiger partial charge in [0.2, 0.25) is 0 Å². The van der Waals surface area contributed by atoms with Crippen molar-refractivity contribution in [3.8, 4) is 0 Å². The van der Waals surface area contributed by atoms with Gasteiger partial charge in [0, 0.05) is 21.5 Å². The normalized spacial score (nSPS) is 15.0. The highest BCUT2D eigenvalue weighted by molar-refractivity contribution is 6.32. The number of hydrazone groups is 1. The summed E-state index contributed by atoms with van der Waals surface area (Å²) in [6.45, 7) is 2.02. The van der Waals surface area contributed by atoms with Gasteiger partial charge in [-0.05, 0) is 48.9 Å². The van der Waals surface area contributed by atoms with Crippen molar-refractivity contribution in [3.63, 3.8) is 0 Å². The Hall–Kier alpha value is -3.80. The number of aliphatic imine (C=N–C) groups is 1. The van der Waals surface area contributed by atoms with E-state index in [1.807, 2.05) is 73.7 Å². The summed E-state index contributed by atoms with van der Waals surface area (Å²) >= 11 is 12.4. The zero-order valence-corrected chi connectivity index (χ0v) is 19.6. The summed E-state index contributed by atoms with van der Waals surface area (Å²) in [5.41, 5.74) is 4.37. The third kappa shape index (κ3) is 4.49. The van der Waals surface area contributed by atoms with Crippen molar-refractivity contribution >= 4 is 58.1 Å². The number of aromatic nitrogens is 1. The van der Waals surface area contributed by atoms with Gasteiger partial charge in [0.05, 0.1) is 11.7 Å². The zero-order valence-electron chi connectivity index (χ0n) is 18.1. The highest BCUT2D eigenvalue weighted by atomic mass is 35.5. The van der Waals surface area contributed by atoms with Crippen LogP contribution in [0.5, 0.6) is 0 Å². The van der Waals surface area contributed by atoms with Gasteiger partial charge in [0.25, 0.3) is 5.91 Å². The minimum absolute atomic E-state index is 0.275. The number of benzene rings is 3. The minimum Gasteiger partial charge on any atom is -0.265 e. The summed E-state index contributed by atoms with van der Waals surface area (Å²) in [6, 6.07) is 24.5. The fraction of sp³-hybridized carbons (Fsp3) is 0.0370. The number of aryl methyl sites for hydroxylation is 1. The van der Waals surface area contributed by atoms with E-state index in [0.29, 0.717) is 21.6 Å². The third-order valence-corrected chi connectivity index (χ3v) is 5.86. The Balaban J connectivity index is 1.54. The molecule has 34 heavy (non-hydrogen) atoms. The van der Waals surface area contributed by atoms with Crippen LogP contribution in [0.15, 0.2) is 94.7 Å². The summed E-state index contributed by atoms with van der Waals surface area (Å²) in [6.07, 6.45) is 3.25. The number of carbonyl (C=O) groups is 1. The summed E-state index contributed by atoms with van der Waals surface area (Å²) in [4.78, 5) is 22.3. The van der Waals surface area contributed by atoms with Gasteiger partial charge >= 0.3 is 0 Å². The van der Waals surface area contributed by atoms with Gasteiger partial charge in [0.1, 0.15) is 10.9 Å². The first-order valence-corrected chi connectivity index (χ1v) is 11.3. The molecule has 0 fully saturated rings. The van der Waals surface area contributed by atoms with Crippen LogP contribution in [0.25, 0.3) is 17.0 Å². The number of fused-ring (bicyclic) bond motifs is 1. The lowest BCUT2D eigenvalue weighted by molar-refractivity contribution is -0.122. The van der Waals surface area contributed by atoms with Gasteiger partial charge in [-0.1, -0.05) is 77.3 Å². The third-order valence-electron chi connectivity index (χ3n) is 5.31. The first-order chi connectivity index (χ1) is 16.5. The molecule has 1 amide bonds. The van der Waals surface area contributed by atoms with Crippen LogP contribution in [0.4, 0.5) is 0 Å². The molecule has 5 rings (SSSR count). The van der Waals surface area contributed by atoms with Crippen molar-refractivity contribution < 1.29 is 4.79 Å². The lowest BCUT2D eigenvalue weighted by Crippen LogP contribution is -2.27. The van der Waals surface area contributed by atoms with E-state index in [0.717, 1.165) is 27.6 Å². The SMILES string of the molecule is Cc1ccc2nc(Cl)c(/C=N/N3C(=O)/C(=C/c4ccc(Cl)cc4)N=C3c3ccccc3)cc2c1. The lowest BCUT2D eigenvalue weighted by atomic mass is 10.1. The summed E-state index contributed by atoms with van der Waals surface area (Å²) in [5.74, 6) is 0.0912. The maximum Gasteiger partial charge on any atom is 0.298 e. The Labute approximate surface area is 206 Å². The molecule has 4 aromatic rings. The standard InChI is InChI=1S/C27H18Cl2N4O/c1-17-7-12-23-20(13-17)15-21(25(29)31-23)16-30-33-26(19-5-3-2-4-6-19)32-24(27(33)34)14-18-8-10-22(28)11-9-18/h2-16H,1H3/b24-14-,30-16+. The molecule has 1 aliphatic rings. The van der Waals surface area contributed by atoms with Crippen LogP contribution in [0.3, 0.4) is 0 Å². The predicted molar refractivity (Wildman–Crippen MR) is 138 cm³/mol. The van der Waals surface area contributed by atoms with Crippen molar-refractivity contribution in [2.45, 2.75) is 6.92 Å². The molecule has 0 aliphatic carbocycles. The molecule has 0 N–H and O–H groups in total. The van der Waals surface area contributed by atoms with Crippen molar-refractivity contribution in [1.82, 2.24) is 9.99 Å². The smallest absolute Gasteiger partial charge is 0.265 e. The number of rotatable bonds is 4. The van der Waals surface area contributed by atoms with Crippen molar-refractivity contribution in [3.05, 3.63) is 117 Å². The molecule has 0 saturated heterocycles. The molecule has 5 nitrogen and oxygen atoms in total. The van der Waals surface area contributed by atoms with Crippen LogP contribution in [0, 0.1) is 6.92 Å². The fourth-order valence-electron chi connectivity index (χ4n) is 3.61. The maximum absolute atomic E-state index is 13.3. The summed E-state index contributed by atoms with van der Waals surface area (Å²) in [7, 11) is 0. The van der Waals surface area contributed by atoms with Crippen LogP contribution in [-0.2, 0) is 4.79 Å². The summed E-state index contributed by atoms with van der Waals surface area (Å²) < 4.78 is 0. The number of hydrogen-bond acceptors (Lipinski definition) is 4. The van der Waals surface area contributed by atoms with E-state index in [4.69, 9.17) is 23.2 Å². The van der Waals surface area contributed by atoms with Crippen molar-refractivity contribution in [1.29, 1.82) is 0 Å². The molecule has 166 valence electrons. The van der Waals surface area contributed by atoms with Gasteiger partial charge in [-0.2, -0.15) is 10.1 Å². The Morgan fingerprint density at radius 1 is 0.941 bits per heavy atom. The molecular formula is C27H18Cl2N4O. The number of nitrogens with zero attached hydrogens (tertiary/aromatic N) is 4. The van der Waals surface area contributed by atoms with Gasteiger partial charge in [0.15, 0.2) is 5.84 Å². The fourth-order valence-corrected chi connectivity index (χ4v) is 3.93. The van der Waals surface area contributed by atoms with E-state index in [9.17, 15) is 4.79 Å².